The second kappa shape index (κ2) is 4.71. The van der Waals surface area contributed by atoms with Gasteiger partial charge >= 0.3 is 0 Å². The molecule has 0 aromatic rings. The van der Waals surface area contributed by atoms with E-state index in [1.807, 2.05) is 6.92 Å². The van der Waals surface area contributed by atoms with Crippen LogP contribution in [0.1, 0.15) is 72.6 Å². The maximum absolute atomic E-state index is 11.1. The summed E-state index contributed by atoms with van der Waals surface area (Å²) in [5.41, 5.74) is 0.826. The third-order valence-corrected chi connectivity index (χ3v) is 7.62. The average molecular weight is 280 g/mol. The number of fused-ring (bicyclic) bond motifs is 2. The molecule has 3 rings (SSSR count). The monoisotopic (exact) mass is 280 g/mol. The molecule has 3 aliphatic rings. The van der Waals surface area contributed by atoms with E-state index in [1.54, 1.807) is 0 Å². The van der Waals surface area contributed by atoms with Crippen LogP contribution in [0.25, 0.3) is 0 Å². The third kappa shape index (κ3) is 1.83. The molecule has 116 valence electrons. The first-order valence-electron chi connectivity index (χ1n) is 8.71. The van der Waals surface area contributed by atoms with Gasteiger partial charge in [0.1, 0.15) is 0 Å². The Balaban J connectivity index is 1.89. The highest BCUT2D eigenvalue weighted by Gasteiger charge is 2.64. The zero-order valence-corrected chi connectivity index (χ0v) is 13.7. The van der Waals surface area contributed by atoms with Crippen LogP contribution in [0.4, 0.5) is 0 Å². The van der Waals surface area contributed by atoms with Crippen molar-refractivity contribution in [3.63, 3.8) is 0 Å². The van der Waals surface area contributed by atoms with E-state index >= 15 is 0 Å². The maximum Gasteiger partial charge on any atom is 0.168 e. The summed E-state index contributed by atoms with van der Waals surface area (Å²) in [4.78, 5) is 0. The predicted molar refractivity (Wildman–Crippen MR) is 81.3 cm³/mol. The highest BCUT2D eigenvalue weighted by Crippen LogP contribution is 2.71. The number of rotatable bonds is 3. The van der Waals surface area contributed by atoms with E-state index < -0.39 is 5.79 Å². The van der Waals surface area contributed by atoms with Crippen molar-refractivity contribution in [2.24, 2.45) is 28.6 Å². The highest BCUT2D eigenvalue weighted by atomic mass is 16.6. The van der Waals surface area contributed by atoms with Gasteiger partial charge in [0, 0.05) is 18.9 Å². The lowest BCUT2D eigenvalue weighted by Crippen LogP contribution is -2.50. The van der Waals surface area contributed by atoms with Gasteiger partial charge in [-0.1, -0.05) is 27.2 Å². The Labute approximate surface area is 124 Å². The lowest BCUT2D eigenvalue weighted by molar-refractivity contribution is -0.267. The molecule has 2 nitrogen and oxygen atoms in total. The number of hydrogen-bond donors (Lipinski definition) is 1. The standard InChI is InChI=1S/C18H32O2/c1-5-20-18(19)10-7-6-8-14(18)15-12-13-9-11-17(15,4)16(13,2)3/h13-15,19H,5-12H2,1-4H3/t13-,14?,15+,17+,18?/m0/s1. The van der Waals surface area contributed by atoms with Crippen LogP contribution in [0.2, 0.25) is 0 Å². The molecule has 2 unspecified atom stereocenters. The van der Waals surface area contributed by atoms with Crippen molar-refractivity contribution in [3.05, 3.63) is 0 Å². The number of aliphatic hydroxyl groups is 1. The van der Waals surface area contributed by atoms with Crippen molar-refractivity contribution >= 4 is 0 Å². The molecule has 0 aliphatic heterocycles. The fourth-order valence-corrected chi connectivity index (χ4v) is 5.97. The zero-order valence-electron chi connectivity index (χ0n) is 13.7. The minimum atomic E-state index is -0.846. The normalized spacial score (nSPS) is 50.5. The Morgan fingerprint density at radius 1 is 1.05 bits per heavy atom. The van der Waals surface area contributed by atoms with E-state index in [2.05, 4.69) is 20.8 Å². The van der Waals surface area contributed by atoms with Crippen molar-refractivity contribution < 1.29 is 9.84 Å². The maximum atomic E-state index is 11.1. The summed E-state index contributed by atoms with van der Waals surface area (Å²) in [6.07, 6.45) is 8.40. The fourth-order valence-electron chi connectivity index (χ4n) is 5.97. The summed E-state index contributed by atoms with van der Waals surface area (Å²) in [5.74, 6) is 1.01. The van der Waals surface area contributed by atoms with Crippen LogP contribution in [0.3, 0.4) is 0 Å². The van der Waals surface area contributed by atoms with E-state index in [9.17, 15) is 5.11 Å². The first-order chi connectivity index (χ1) is 9.35. The molecule has 3 saturated carbocycles. The van der Waals surface area contributed by atoms with Crippen LogP contribution >= 0.6 is 0 Å². The first kappa shape index (κ1) is 14.8. The average Bonchev–Trinajstić information content (AvgIpc) is 2.72. The summed E-state index contributed by atoms with van der Waals surface area (Å²) < 4.78 is 5.87. The topological polar surface area (TPSA) is 29.5 Å². The van der Waals surface area contributed by atoms with Crippen molar-refractivity contribution in [2.75, 3.05) is 6.61 Å². The van der Waals surface area contributed by atoms with Gasteiger partial charge in [-0.05, 0) is 61.7 Å². The van der Waals surface area contributed by atoms with Gasteiger partial charge < -0.3 is 9.84 Å². The second-order valence-electron chi connectivity index (χ2n) is 8.35. The van der Waals surface area contributed by atoms with Crippen LogP contribution in [0.5, 0.6) is 0 Å². The molecule has 0 amide bonds. The molecule has 3 fully saturated rings. The Morgan fingerprint density at radius 3 is 2.35 bits per heavy atom. The molecule has 0 aromatic heterocycles. The molecule has 0 radical (unpaired) electrons. The molecule has 2 bridgehead atoms. The van der Waals surface area contributed by atoms with Crippen LogP contribution in [0, 0.1) is 28.6 Å². The molecule has 5 atom stereocenters. The lowest BCUT2D eigenvalue weighted by atomic mass is 9.60. The summed E-state index contributed by atoms with van der Waals surface area (Å²) >= 11 is 0. The fraction of sp³-hybridized carbons (Fsp3) is 1.00. The minimum Gasteiger partial charge on any atom is -0.365 e. The van der Waals surface area contributed by atoms with Crippen molar-refractivity contribution in [2.45, 2.75) is 78.4 Å². The molecular formula is C18H32O2. The van der Waals surface area contributed by atoms with E-state index in [4.69, 9.17) is 4.74 Å². The molecule has 0 saturated heterocycles. The molecule has 0 heterocycles. The van der Waals surface area contributed by atoms with E-state index in [0.29, 0.717) is 29.3 Å². The summed E-state index contributed by atoms with van der Waals surface area (Å²) in [6.45, 7) is 10.1. The van der Waals surface area contributed by atoms with Crippen LogP contribution < -0.4 is 0 Å². The van der Waals surface area contributed by atoms with Crippen LogP contribution in [-0.4, -0.2) is 17.5 Å². The Hall–Kier alpha value is -0.0800. The minimum absolute atomic E-state index is 0.353. The zero-order chi connectivity index (χ0) is 14.6. The smallest absolute Gasteiger partial charge is 0.168 e. The van der Waals surface area contributed by atoms with Gasteiger partial charge in [-0.3, -0.25) is 0 Å². The van der Waals surface area contributed by atoms with E-state index in [-0.39, 0.29) is 0 Å². The largest absolute Gasteiger partial charge is 0.365 e. The molecule has 3 aliphatic carbocycles. The van der Waals surface area contributed by atoms with Crippen LogP contribution in [-0.2, 0) is 4.74 Å². The van der Waals surface area contributed by atoms with Crippen LogP contribution in [0.15, 0.2) is 0 Å². The van der Waals surface area contributed by atoms with E-state index in [0.717, 1.165) is 25.2 Å². The molecule has 20 heavy (non-hydrogen) atoms. The van der Waals surface area contributed by atoms with Gasteiger partial charge in [-0.2, -0.15) is 0 Å². The van der Waals surface area contributed by atoms with E-state index in [1.165, 1.54) is 25.7 Å². The van der Waals surface area contributed by atoms with Crippen molar-refractivity contribution in [3.8, 4) is 0 Å². The molecule has 0 spiro atoms. The quantitative estimate of drug-likeness (QED) is 0.778. The third-order valence-electron chi connectivity index (χ3n) is 7.62. The first-order valence-corrected chi connectivity index (χ1v) is 8.71. The van der Waals surface area contributed by atoms with Gasteiger partial charge in [0.05, 0.1) is 0 Å². The van der Waals surface area contributed by atoms with Crippen molar-refractivity contribution in [1.82, 2.24) is 0 Å². The van der Waals surface area contributed by atoms with Gasteiger partial charge in [-0.15, -0.1) is 0 Å². The Morgan fingerprint density at radius 2 is 1.80 bits per heavy atom. The summed E-state index contributed by atoms with van der Waals surface area (Å²) in [6, 6.07) is 0. The van der Waals surface area contributed by atoms with Gasteiger partial charge in [0.2, 0.25) is 0 Å². The predicted octanol–water partition coefficient (Wildman–Crippen LogP) is 4.36. The van der Waals surface area contributed by atoms with Gasteiger partial charge in [0.15, 0.2) is 5.79 Å². The number of hydrogen-bond acceptors (Lipinski definition) is 2. The Kier molecular flexibility index (Phi) is 3.49. The van der Waals surface area contributed by atoms with Gasteiger partial charge in [-0.25, -0.2) is 0 Å². The molecule has 1 N–H and O–H groups in total. The second-order valence-corrected chi connectivity index (χ2v) is 8.35. The highest BCUT2D eigenvalue weighted by molar-refractivity contribution is 5.12. The van der Waals surface area contributed by atoms with Crippen molar-refractivity contribution in [1.29, 1.82) is 0 Å². The molecular weight excluding hydrogens is 248 g/mol. The lowest BCUT2D eigenvalue weighted by Gasteiger charge is -2.49. The summed E-state index contributed by atoms with van der Waals surface area (Å²) in [7, 11) is 0. The molecule has 2 heteroatoms. The SMILES string of the molecule is CCOC1(O)CCCCC1[C@H]1C[C@@H]2CC[C@@]1(C)C2(C)C. The molecule has 0 aromatic carbocycles. The number of ether oxygens (including phenoxy) is 1. The summed E-state index contributed by atoms with van der Waals surface area (Å²) in [5, 5.41) is 11.1. The Bertz CT molecular complexity index is 374. The van der Waals surface area contributed by atoms with Gasteiger partial charge in [0.25, 0.3) is 0 Å².